The molecule has 3 aliphatic rings. The summed E-state index contributed by atoms with van der Waals surface area (Å²) in [4.78, 5) is 10.5. The predicted octanol–water partition coefficient (Wildman–Crippen LogP) is 1.63. The number of β-amino-alcohol motifs (C(OH)–C–C–N with tert-alkyl or cyclic N) is 3. The molecule has 3 saturated heterocycles. The molecule has 6 unspecified atom stereocenters. The lowest BCUT2D eigenvalue weighted by atomic mass is 10.1. The Morgan fingerprint density at radius 3 is 0.726 bits per heavy atom. The maximum atomic E-state index is 13.3. The molecule has 0 aromatic rings. The maximum absolute atomic E-state index is 13.3. The smallest absolute Gasteiger partial charge is 0.391 e. The molecule has 95 heavy (non-hydrogen) atoms. The molecule has 31 nitrogen and oxygen atoms in total. The van der Waals surface area contributed by atoms with Crippen molar-refractivity contribution in [2.24, 2.45) is 0 Å². The normalized spacial score (nSPS) is 20.0. The zero-order valence-corrected chi connectivity index (χ0v) is 62.5. The van der Waals surface area contributed by atoms with Gasteiger partial charge >= 0.3 is 8.80 Å². The molecule has 38 heteroatoms. The Morgan fingerprint density at radius 2 is 0.505 bits per heavy atom. The molecule has 3 fully saturated rings. The highest BCUT2D eigenvalue weighted by Gasteiger charge is 2.50. The average Bonchev–Trinajstić information content (AvgIpc) is 0.806. The van der Waals surface area contributed by atoms with Crippen LogP contribution in [0.25, 0.3) is 0 Å². The number of quaternary nitrogens is 1. The molecule has 9 N–H and O–H groups in total. The Bertz CT molecular complexity index is 2530. The summed E-state index contributed by atoms with van der Waals surface area (Å²) < 4.78 is 232. The first-order chi connectivity index (χ1) is 44.3. The lowest BCUT2D eigenvalue weighted by Crippen LogP contribution is -2.61. The number of piperazine rings is 3. The third kappa shape index (κ3) is 43.7. The van der Waals surface area contributed by atoms with Crippen molar-refractivity contribution in [3.8, 4) is 0 Å². The molecule has 0 bridgehead atoms. The number of aliphatic hydroxyl groups is 3. The van der Waals surface area contributed by atoms with Crippen LogP contribution < -0.4 is 0 Å². The molecular formula is C57H120N7O24S6Si+. The van der Waals surface area contributed by atoms with Gasteiger partial charge in [-0.3, -0.25) is 56.7 Å². The Morgan fingerprint density at radius 1 is 0.305 bits per heavy atom. The fourth-order valence-electron chi connectivity index (χ4n) is 13.2. The van der Waals surface area contributed by atoms with Crippen molar-refractivity contribution in [2.45, 2.75) is 185 Å². The second-order valence-electron chi connectivity index (χ2n) is 26.8. The SMILES string of the molecule is CCCCCCCC[N+](CCCCCCCC)(CCCCCCCC)CCC[Si](OC(CN1CCN(CC(O)CS(=O)(=O)O)CC1)CS(=O)(=O)O)(OC(CN1CCN(CC(O)CS(=O)(=O)O)CC1)CS(=O)(=O)O)OC(CN1CCN(CC(O)CS(=O)(=O)O)CC1)CS(=O)(=O)O. The van der Waals surface area contributed by atoms with Crippen LogP contribution in [0, 0.1) is 0 Å². The highest BCUT2D eigenvalue weighted by Crippen LogP contribution is 2.30. The van der Waals surface area contributed by atoms with E-state index in [-0.39, 0.29) is 130 Å². The summed E-state index contributed by atoms with van der Waals surface area (Å²) in [7, 11) is -33.6. The van der Waals surface area contributed by atoms with Crippen molar-refractivity contribution in [3.05, 3.63) is 0 Å². The number of nitrogens with zero attached hydrogens (tertiary/aromatic N) is 7. The van der Waals surface area contributed by atoms with E-state index in [2.05, 4.69) is 20.8 Å². The van der Waals surface area contributed by atoms with Gasteiger partial charge in [0, 0.05) is 130 Å². The third-order valence-electron chi connectivity index (χ3n) is 17.7. The minimum atomic E-state index is -5.06. The van der Waals surface area contributed by atoms with Gasteiger partial charge in [0.05, 0.1) is 62.8 Å². The number of hydrogen-bond acceptors (Lipinski definition) is 24. The lowest BCUT2D eigenvalue weighted by Gasteiger charge is -2.44. The first-order valence-electron chi connectivity index (χ1n) is 34.3. The van der Waals surface area contributed by atoms with Gasteiger partial charge in [0.15, 0.2) is 0 Å². The van der Waals surface area contributed by atoms with Crippen LogP contribution in [0.5, 0.6) is 0 Å². The quantitative estimate of drug-likeness (QED) is 0.0181. The van der Waals surface area contributed by atoms with Crippen LogP contribution in [0.4, 0.5) is 0 Å². The van der Waals surface area contributed by atoms with E-state index < -0.39 is 141 Å². The van der Waals surface area contributed by atoms with Crippen molar-refractivity contribution < 1.29 is 111 Å². The van der Waals surface area contributed by atoms with E-state index in [1.807, 2.05) is 0 Å². The summed E-state index contributed by atoms with van der Waals surface area (Å²) in [5.41, 5.74) is 0. The van der Waals surface area contributed by atoms with Crippen molar-refractivity contribution in [1.29, 1.82) is 0 Å². The van der Waals surface area contributed by atoms with Gasteiger partial charge < -0.3 is 33.1 Å². The summed E-state index contributed by atoms with van der Waals surface area (Å²) >= 11 is 0. The Hall–Kier alpha value is -0.843. The van der Waals surface area contributed by atoms with E-state index in [0.29, 0.717) is 11.0 Å². The molecule has 0 aliphatic carbocycles. The average molecular weight is 1510 g/mol. The molecule has 0 radical (unpaired) electrons. The molecule has 0 amide bonds. The van der Waals surface area contributed by atoms with Crippen molar-refractivity contribution >= 4 is 69.5 Å². The topological polar surface area (TPSA) is 434 Å². The molecule has 3 aliphatic heterocycles. The van der Waals surface area contributed by atoms with Crippen LogP contribution in [0.3, 0.4) is 0 Å². The molecular weight excluding hydrogens is 1390 g/mol. The summed E-state index contributed by atoms with van der Waals surface area (Å²) in [5, 5.41) is 31.5. The Labute approximate surface area is 570 Å². The monoisotopic (exact) mass is 1510 g/mol. The van der Waals surface area contributed by atoms with E-state index in [0.717, 1.165) is 135 Å². The number of rotatable bonds is 55. The standard InChI is InChI=1S/C57H119N7O24S6Si/c1-4-7-10-13-16-19-35-64(36-20-17-14-11-8-5-2,37-21-18-15-12-9-6-3)38-22-39-95(86-55(49-92(77,78)79)43-61-29-23-58(24-30-61)40-52(65)46-89(68,69)70,87-56(50-93(80,81)82)44-62-31-25-59(26-32-62)41-53(66)47-90(71,72)73)88-57(51-94(83,84)85)45-63-33-27-60(28-34-63)42-54(67)48-91(74,75)76/h52-57,65-67H,4-51H2,1-3H3,(H5-,68,69,70,71,72,73,74,75,76,77,78,79,80,81,82,83,84,85)/p+1. The summed E-state index contributed by atoms with van der Waals surface area (Å²) in [6.07, 6.45) is 9.77. The van der Waals surface area contributed by atoms with Crippen LogP contribution in [-0.2, 0) is 74.0 Å². The fourth-order valence-corrected chi connectivity index (χ4v) is 20.4. The van der Waals surface area contributed by atoms with Gasteiger partial charge in [0.1, 0.15) is 34.5 Å². The second-order valence-corrected chi connectivity index (χ2v) is 38.4. The minimum absolute atomic E-state index is 0.146. The fraction of sp³-hybridized carbons (Fsp3) is 1.00. The largest absolute Gasteiger partial charge is 0.502 e. The van der Waals surface area contributed by atoms with E-state index in [4.69, 9.17) is 13.3 Å². The molecule has 566 valence electrons. The van der Waals surface area contributed by atoms with Gasteiger partial charge in [0.2, 0.25) is 0 Å². The Kier molecular flexibility index (Phi) is 40.9. The maximum Gasteiger partial charge on any atom is 0.502 e. The van der Waals surface area contributed by atoms with Crippen LogP contribution in [0.15, 0.2) is 0 Å². The number of unbranched alkanes of at least 4 members (excludes halogenated alkanes) is 15. The molecule has 0 aromatic carbocycles. The molecule has 0 aromatic heterocycles. The third-order valence-corrected chi connectivity index (χ3v) is 25.5. The van der Waals surface area contributed by atoms with Crippen LogP contribution in [-0.4, -0.2) is 351 Å². The van der Waals surface area contributed by atoms with Gasteiger partial charge in [0.25, 0.3) is 60.7 Å². The molecule has 3 rings (SSSR count). The van der Waals surface area contributed by atoms with Crippen LogP contribution in [0.1, 0.15) is 143 Å². The zero-order valence-electron chi connectivity index (χ0n) is 56.6. The van der Waals surface area contributed by atoms with Crippen LogP contribution >= 0.6 is 0 Å². The van der Waals surface area contributed by atoms with Gasteiger partial charge in [-0.1, -0.05) is 97.8 Å². The Balaban J connectivity index is 2.34. The molecule has 0 saturated carbocycles. The van der Waals surface area contributed by atoms with E-state index in [9.17, 15) is 93.1 Å². The summed E-state index contributed by atoms with van der Waals surface area (Å²) in [6, 6.07) is -0.222. The lowest BCUT2D eigenvalue weighted by molar-refractivity contribution is -0.929. The van der Waals surface area contributed by atoms with Crippen LogP contribution in [0.2, 0.25) is 6.04 Å². The highest BCUT2D eigenvalue weighted by atomic mass is 32.2. The first kappa shape index (κ1) is 88.4. The number of hydrogen-bond donors (Lipinski definition) is 9. The second kappa shape index (κ2) is 44.0. The van der Waals surface area contributed by atoms with E-state index in [1.54, 1.807) is 29.4 Å². The van der Waals surface area contributed by atoms with Gasteiger partial charge in [-0.05, 0) is 38.5 Å². The predicted molar refractivity (Wildman–Crippen MR) is 365 cm³/mol. The van der Waals surface area contributed by atoms with Gasteiger partial charge in [-0.15, -0.1) is 0 Å². The van der Waals surface area contributed by atoms with Crippen molar-refractivity contribution in [2.75, 3.05) is 179 Å². The van der Waals surface area contributed by atoms with E-state index in [1.165, 1.54) is 0 Å². The van der Waals surface area contributed by atoms with Crippen molar-refractivity contribution in [1.82, 2.24) is 29.4 Å². The number of aliphatic hydroxyl groups excluding tert-OH is 3. The van der Waals surface area contributed by atoms with Crippen molar-refractivity contribution in [3.63, 3.8) is 0 Å². The minimum Gasteiger partial charge on any atom is -0.391 e. The summed E-state index contributed by atoms with van der Waals surface area (Å²) in [6.45, 7) is 10.2. The highest BCUT2D eigenvalue weighted by molar-refractivity contribution is 7.87. The molecule has 6 atom stereocenters. The summed E-state index contributed by atoms with van der Waals surface area (Å²) in [5.74, 6) is -6.05. The first-order valence-corrected chi connectivity index (χ1v) is 45.8. The van der Waals surface area contributed by atoms with E-state index >= 15 is 0 Å². The zero-order chi connectivity index (χ0) is 71.0. The molecule has 0 spiro atoms. The van der Waals surface area contributed by atoms with Gasteiger partial charge in [-0.25, -0.2) is 0 Å². The molecule has 3 heterocycles. The van der Waals surface area contributed by atoms with Gasteiger partial charge in [-0.2, -0.15) is 50.5 Å².